The van der Waals surface area contributed by atoms with Crippen LogP contribution in [0.2, 0.25) is 0 Å². The zero-order chi connectivity index (χ0) is 11.0. The van der Waals surface area contributed by atoms with Crippen molar-refractivity contribution in [2.75, 3.05) is 5.43 Å². The third kappa shape index (κ3) is 1.77. The van der Waals surface area contributed by atoms with Crippen molar-refractivity contribution in [1.82, 2.24) is 15.0 Å². The molecule has 2 aromatic rings. The molecule has 0 bridgehead atoms. The van der Waals surface area contributed by atoms with E-state index in [4.69, 9.17) is 5.84 Å². The number of anilines is 1. The molecule has 0 spiro atoms. The number of rotatable bonds is 3. The highest BCUT2D eigenvalue weighted by atomic mass is 32.1. The predicted molar refractivity (Wildman–Crippen MR) is 62.9 cm³/mol. The molecule has 1 aliphatic rings. The average Bonchev–Trinajstić information content (AvgIpc) is 3.04. The van der Waals surface area contributed by atoms with Gasteiger partial charge in [0.2, 0.25) is 0 Å². The quantitative estimate of drug-likeness (QED) is 0.624. The summed E-state index contributed by atoms with van der Waals surface area (Å²) in [5, 5.41) is 1.94. The first-order valence-corrected chi connectivity index (χ1v) is 6.05. The van der Waals surface area contributed by atoms with Crippen LogP contribution in [0.4, 0.5) is 5.82 Å². The van der Waals surface area contributed by atoms with Gasteiger partial charge in [-0.25, -0.2) is 20.8 Å². The van der Waals surface area contributed by atoms with Gasteiger partial charge in [-0.15, -0.1) is 11.3 Å². The molecule has 6 heteroatoms. The maximum Gasteiger partial charge on any atom is 0.181 e. The Kier molecular flexibility index (Phi) is 2.30. The van der Waals surface area contributed by atoms with Crippen molar-refractivity contribution in [3.63, 3.8) is 0 Å². The second kappa shape index (κ2) is 3.80. The smallest absolute Gasteiger partial charge is 0.181 e. The van der Waals surface area contributed by atoms with Crippen molar-refractivity contribution in [1.29, 1.82) is 0 Å². The lowest BCUT2D eigenvalue weighted by Gasteiger charge is -2.05. The van der Waals surface area contributed by atoms with Crippen LogP contribution in [0, 0.1) is 0 Å². The zero-order valence-corrected chi connectivity index (χ0v) is 9.37. The number of hydrazine groups is 1. The van der Waals surface area contributed by atoms with Crippen LogP contribution in [0.1, 0.15) is 24.5 Å². The summed E-state index contributed by atoms with van der Waals surface area (Å²) in [6, 6.07) is 1.91. The van der Waals surface area contributed by atoms with Gasteiger partial charge in [0, 0.05) is 23.1 Å². The molecule has 0 aromatic carbocycles. The second-order valence-electron chi connectivity index (χ2n) is 3.79. The van der Waals surface area contributed by atoms with Gasteiger partial charge in [0.25, 0.3) is 0 Å². The van der Waals surface area contributed by atoms with Gasteiger partial charge in [0.15, 0.2) is 5.82 Å². The van der Waals surface area contributed by atoms with E-state index in [1.807, 2.05) is 11.4 Å². The van der Waals surface area contributed by atoms with Gasteiger partial charge in [0.05, 0.1) is 5.51 Å². The Morgan fingerprint density at radius 1 is 1.38 bits per heavy atom. The number of nitrogens with zero attached hydrogens (tertiary/aromatic N) is 3. The number of aromatic nitrogens is 3. The van der Waals surface area contributed by atoms with Crippen LogP contribution in [0.5, 0.6) is 0 Å². The Morgan fingerprint density at radius 2 is 2.25 bits per heavy atom. The Hall–Kier alpha value is -1.53. The first kappa shape index (κ1) is 9.68. The summed E-state index contributed by atoms with van der Waals surface area (Å²) in [6.45, 7) is 0. The zero-order valence-electron chi connectivity index (χ0n) is 8.55. The van der Waals surface area contributed by atoms with Crippen molar-refractivity contribution in [3.05, 3.63) is 22.7 Å². The summed E-state index contributed by atoms with van der Waals surface area (Å²) < 4.78 is 0. The van der Waals surface area contributed by atoms with Crippen LogP contribution >= 0.6 is 11.3 Å². The summed E-state index contributed by atoms with van der Waals surface area (Å²) >= 11 is 1.53. The van der Waals surface area contributed by atoms with Gasteiger partial charge in [-0.05, 0) is 12.8 Å². The lowest BCUT2D eigenvalue weighted by molar-refractivity contribution is 0.986. The normalized spacial score (nSPS) is 15.1. The number of nitrogens with one attached hydrogen (secondary N) is 1. The number of nitrogens with two attached hydrogens (primary N) is 1. The van der Waals surface area contributed by atoms with Crippen molar-refractivity contribution < 1.29 is 0 Å². The minimum Gasteiger partial charge on any atom is -0.308 e. The summed E-state index contributed by atoms with van der Waals surface area (Å²) in [4.78, 5) is 13.0. The number of hydrogen-bond donors (Lipinski definition) is 2. The summed E-state index contributed by atoms with van der Waals surface area (Å²) in [6.07, 6.45) is 2.41. The van der Waals surface area contributed by atoms with Gasteiger partial charge in [-0.1, -0.05) is 0 Å². The SMILES string of the molecule is NNc1cc(C2CC2)nc(-c2cscn2)n1. The molecule has 0 aliphatic heterocycles. The van der Waals surface area contributed by atoms with Gasteiger partial charge in [-0.2, -0.15) is 0 Å². The molecule has 2 heterocycles. The summed E-state index contributed by atoms with van der Waals surface area (Å²) in [5.41, 5.74) is 6.22. The lowest BCUT2D eigenvalue weighted by atomic mass is 10.2. The monoisotopic (exact) mass is 233 g/mol. The Labute approximate surface area is 96.7 Å². The van der Waals surface area contributed by atoms with E-state index in [0.717, 1.165) is 11.4 Å². The van der Waals surface area contributed by atoms with Crippen molar-refractivity contribution >= 4 is 17.2 Å². The van der Waals surface area contributed by atoms with E-state index in [2.05, 4.69) is 20.4 Å². The Morgan fingerprint density at radius 3 is 2.88 bits per heavy atom. The van der Waals surface area contributed by atoms with Crippen molar-refractivity contribution in [2.45, 2.75) is 18.8 Å². The summed E-state index contributed by atoms with van der Waals surface area (Å²) in [5.74, 6) is 7.28. The third-order valence-electron chi connectivity index (χ3n) is 2.55. The molecule has 3 N–H and O–H groups in total. The third-order valence-corrected chi connectivity index (χ3v) is 3.14. The van der Waals surface area contributed by atoms with Crippen LogP contribution in [0.15, 0.2) is 17.0 Å². The first-order chi connectivity index (χ1) is 7.86. The van der Waals surface area contributed by atoms with Crippen molar-refractivity contribution in [3.8, 4) is 11.5 Å². The molecule has 1 saturated carbocycles. The topological polar surface area (TPSA) is 76.7 Å². The van der Waals surface area contributed by atoms with Crippen LogP contribution < -0.4 is 11.3 Å². The minimum atomic E-state index is 0.576. The maximum atomic E-state index is 5.40. The average molecular weight is 233 g/mol. The molecule has 0 radical (unpaired) electrons. The molecular weight excluding hydrogens is 222 g/mol. The highest BCUT2D eigenvalue weighted by Crippen LogP contribution is 2.40. The fourth-order valence-electron chi connectivity index (χ4n) is 1.57. The van der Waals surface area contributed by atoms with E-state index < -0.39 is 0 Å². The lowest BCUT2D eigenvalue weighted by Crippen LogP contribution is -2.10. The molecular formula is C10H11N5S. The van der Waals surface area contributed by atoms with E-state index in [1.54, 1.807) is 5.51 Å². The van der Waals surface area contributed by atoms with Gasteiger partial charge >= 0.3 is 0 Å². The molecule has 1 fully saturated rings. The molecule has 3 rings (SSSR count). The Balaban J connectivity index is 2.06. The molecule has 16 heavy (non-hydrogen) atoms. The van der Waals surface area contributed by atoms with E-state index in [1.165, 1.54) is 24.2 Å². The standard InChI is InChI=1S/C10H11N5S/c11-15-9-3-7(6-1-2-6)13-10(14-9)8-4-16-5-12-8/h3-6H,1-2,11H2,(H,13,14,15). The Bertz CT molecular complexity index is 492. The maximum absolute atomic E-state index is 5.40. The molecule has 0 unspecified atom stereocenters. The number of thiazole rings is 1. The molecule has 0 amide bonds. The predicted octanol–water partition coefficient (Wildman–Crippen LogP) is 1.76. The fraction of sp³-hybridized carbons (Fsp3) is 0.300. The molecule has 0 atom stereocenters. The van der Waals surface area contributed by atoms with Gasteiger partial charge in [0.1, 0.15) is 11.5 Å². The van der Waals surface area contributed by atoms with Crippen LogP contribution in [0.25, 0.3) is 11.5 Å². The number of nitrogen functional groups attached to an aromatic ring is 1. The van der Waals surface area contributed by atoms with Crippen LogP contribution in [0.3, 0.4) is 0 Å². The van der Waals surface area contributed by atoms with Gasteiger partial charge in [-0.3, -0.25) is 0 Å². The second-order valence-corrected chi connectivity index (χ2v) is 4.51. The van der Waals surface area contributed by atoms with E-state index in [0.29, 0.717) is 17.6 Å². The van der Waals surface area contributed by atoms with Crippen LogP contribution in [-0.2, 0) is 0 Å². The number of hydrogen-bond acceptors (Lipinski definition) is 6. The molecule has 5 nitrogen and oxygen atoms in total. The fourth-order valence-corrected chi connectivity index (χ4v) is 2.10. The molecule has 82 valence electrons. The molecule has 1 aliphatic carbocycles. The molecule has 2 aromatic heterocycles. The largest absolute Gasteiger partial charge is 0.308 e. The van der Waals surface area contributed by atoms with Gasteiger partial charge < -0.3 is 5.43 Å². The van der Waals surface area contributed by atoms with Crippen molar-refractivity contribution in [2.24, 2.45) is 5.84 Å². The van der Waals surface area contributed by atoms with Crippen LogP contribution in [-0.4, -0.2) is 15.0 Å². The van der Waals surface area contributed by atoms with E-state index in [-0.39, 0.29) is 0 Å². The van der Waals surface area contributed by atoms with E-state index >= 15 is 0 Å². The minimum absolute atomic E-state index is 0.576. The van der Waals surface area contributed by atoms with E-state index in [9.17, 15) is 0 Å². The summed E-state index contributed by atoms with van der Waals surface area (Å²) in [7, 11) is 0. The molecule has 0 saturated heterocycles. The first-order valence-electron chi connectivity index (χ1n) is 5.11. The highest BCUT2D eigenvalue weighted by molar-refractivity contribution is 7.07. The highest BCUT2D eigenvalue weighted by Gasteiger charge is 2.26.